The fourth-order valence-corrected chi connectivity index (χ4v) is 3.29. The van der Waals surface area contributed by atoms with Crippen LogP contribution in [0.15, 0.2) is 59.0 Å². The van der Waals surface area contributed by atoms with Crippen LogP contribution in [-0.2, 0) is 16.1 Å². The average molecular weight is 419 g/mol. The minimum atomic E-state index is -0.701. The molecule has 2 amide bonds. The number of esters is 2. The van der Waals surface area contributed by atoms with Crippen molar-refractivity contribution in [3.63, 3.8) is 0 Å². The molecule has 0 radical (unpaired) electrons. The second-order valence-electron chi connectivity index (χ2n) is 6.83. The number of anilines is 1. The van der Waals surface area contributed by atoms with Crippen molar-refractivity contribution >= 4 is 29.4 Å². The summed E-state index contributed by atoms with van der Waals surface area (Å²) in [6, 6.07) is 14.2. The fraction of sp³-hybridized carbons (Fsp3) is 0.130. The molecule has 0 saturated carbocycles. The largest absolute Gasteiger partial charge is 0.463 e. The van der Waals surface area contributed by atoms with Gasteiger partial charge < -0.3 is 13.9 Å². The number of carbonyl (C=O) groups is 4. The lowest BCUT2D eigenvalue weighted by Crippen LogP contribution is -2.29. The molecule has 0 saturated heterocycles. The summed E-state index contributed by atoms with van der Waals surface area (Å²) < 4.78 is 15.0. The Morgan fingerprint density at radius 3 is 2.42 bits per heavy atom. The van der Waals surface area contributed by atoms with Crippen molar-refractivity contribution in [1.82, 2.24) is 0 Å². The Balaban J connectivity index is 1.52. The smallest absolute Gasteiger partial charge is 0.373 e. The van der Waals surface area contributed by atoms with E-state index in [2.05, 4.69) is 4.74 Å². The first-order chi connectivity index (χ1) is 14.9. The van der Waals surface area contributed by atoms with Crippen LogP contribution < -0.4 is 4.90 Å². The molecule has 0 atom stereocenters. The van der Waals surface area contributed by atoms with E-state index in [4.69, 9.17) is 9.15 Å². The Morgan fingerprint density at radius 1 is 0.935 bits per heavy atom. The SMILES string of the molecule is COC(=O)c1ccc(COC(=O)c2ccc3c(c2)C(=O)N(c2ccccc2C)C3=O)o1. The maximum atomic E-state index is 12.9. The van der Waals surface area contributed by atoms with E-state index in [-0.39, 0.29) is 34.8 Å². The lowest BCUT2D eigenvalue weighted by atomic mass is 10.1. The molecule has 0 fully saturated rings. The summed E-state index contributed by atoms with van der Waals surface area (Å²) in [4.78, 5) is 50.6. The predicted octanol–water partition coefficient (Wildman–Crippen LogP) is 3.53. The van der Waals surface area contributed by atoms with Gasteiger partial charge in [0.15, 0.2) is 0 Å². The molecule has 1 aliphatic rings. The minimum Gasteiger partial charge on any atom is -0.463 e. The average Bonchev–Trinajstić information content (AvgIpc) is 3.35. The summed E-state index contributed by atoms with van der Waals surface area (Å²) in [5.74, 6) is -2.04. The monoisotopic (exact) mass is 419 g/mol. The van der Waals surface area contributed by atoms with Crippen LogP contribution >= 0.6 is 0 Å². The number of furan rings is 1. The number of hydrogen-bond donors (Lipinski definition) is 0. The molecule has 0 bridgehead atoms. The van der Waals surface area contributed by atoms with E-state index in [1.54, 1.807) is 12.1 Å². The molecule has 3 aromatic rings. The maximum Gasteiger partial charge on any atom is 0.373 e. The predicted molar refractivity (Wildman–Crippen MR) is 108 cm³/mol. The molecule has 0 unspecified atom stereocenters. The van der Waals surface area contributed by atoms with E-state index in [1.165, 1.54) is 37.4 Å². The molecule has 156 valence electrons. The van der Waals surface area contributed by atoms with Gasteiger partial charge in [0.1, 0.15) is 12.4 Å². The molecule has 0 spiro atoms. The second-order valence-corrected chi connectivity index (χ2v) is 6.83. The molecule has 2 heterocycles. The van der Waals surface area contributed by atoms with Gasteiger partial charge in [-0.25, -0.2) is 14.5 Å². The number of nitrogens with zero attached hydrogens (tertiary/aromatic N) is 1. The number of carbonyl (C=O) groups excluding carboxylic acids is 4. The Hall–Kier alpha value is -4.20. The summed E-state index contributed by atoms with van der Waals surface area (Å²) in [7, 11) is 1.23. The zero-order valence-electron chi connectivity index (χ0n) is 16.7. The van der Waals surface area contributed by atoms with Crippen molar-refractivity contribution in [1.29, 1.82) is 0 Å². The molecule has 0 aliphatic carbocycles. The third kappa shape index (κ3) is 3.59. The number of hydrogen-bond acceptors (Lipinski definition) is 7. The molecule has 1 aliphatic heterocycles. The summed E-state index contributed by atoms with van der Waals surface area (Å²) >= 11 is 0. The zero-order chi connectivity index (χ0) is 22.1. The van der Waals surface area contributed by atoms with Crippen LogP contribution in [-0.4, -0.2) is 30.9 Å². The van der Waals surface area contributed by atoms with E-state index in [9.17, 15) is 19.2 Å². The van der Waals surface area contributed by atoms with Crippen LogP contribution in [0.1, 0.15) is 53.0 Å². The summed E-state index contributed by atoms with van der Waals surface area (Å²) in [6.45, 7) is 1.59. The van der Waals surface area contributed by atoms with Gasteiger partial charge >= 0.3 is 11.9 Å². The second kappa shape index (κ2) is 7.91. The first-order valence-electron chi connectivity index (χ1n) is 9.33. The summed E-state index contributed by atoms with van der Waals surface area (Å²) in [6.07, 6.45) is 0. The summed E-state index contributed by atoms with van der Waals surface area (Å²) in [5, 5.41) is 0. The topological polar surface area (TPSA) is 103 Å². The Labute approximate surface area is 177 Å². The van der Waals surface area contributed by atoms with Gasteiger partial charge in [-0.05, 0) is 48.9 Å². The van der Waals surface area contributed by atoms with E-state index in [0.717, 1.165) is 10.5 Å². The summed E-state index contributed by atoms with van der Waals surface area (Å²) in [5.41, 5.74) is 1.75. The quantitative estimate of drug-likeness (QED) is 0.460. The number of benzene rings is 2. The van der Waals surface area contributed by atoms with Crippen molar-refractivity contribution in [2.24, 2.45) is 0 Å². The fourth-order valence-electron chi connectivity index (χ4n) is 3.29. The van der Waals surface area contributed by atoms with Crippen molar-refractivity contribution < 1.29 is 33.1 Å². The van der Waals surface area contributed by atoms with Gasteiger partial charge in [-0.15, -0.1) is 0 Å². The van der Waals surface area contributed by atoms with Gasteiger partial charge in [-0.3, -0.25) is 9.59 Å². The van der Waals surface area contributed by atoms with E-state index < -0.39 is 23.8 Å². The number of methoxy groups -OCH3 is 1. The highest BCUT2D eigenvalue weighted by molar-refractivity contribution is 6.34. The van der Waals surface area contributed by atoms with E-state index in [1.807, 2.05) is 19.1 Å². The molecule has 31 heavy (non-hydrogen) atoms. The Bertz CT molecular complexity index is 1220. The van der Waals surface area contributed by atoms with Crippen LogP contribution in [0.5, 0.6) is 0 Å². The molecular weight excluding hydrogens is 402 g/mol. The number of para-hydroxylation sites is 1. The number of rotatable bonds is 5. The first kappa shape index (κ1) is 20.1. The van der Waals surface area contributed by atoms with E-state index >= 15 is 0 Å². The van der Waals surface area contributed by atoms with Crippen LogP contribution in [0, 0.1) is 6.92 Å². The highest BCUT2D eigenvalue weighted by Crippen LogP contribution is 2.31. The molecule has 4 rings (SSSR count). The molecule has 8 heteroatoms. The van der Waals surface area contributed by atoms with Gasteiger partial charge in [0, 0.05) is 0 Å². The molecule has 8 nitrogen and oxygen atoms in total. The van der Waals surface area contributed by atoms with Gasteiger partial charge in [0.2, 0.25) is 5.76 Å². The molecule has 2 aromatic carbocycles. The van der Waals surface area contributed by atoms with Crippen LogP contribution in [0.25, 0.3) is 0 Å². The number of ether oxygens (including phenoxy) is 2. The van der Waals surface area contributed by atoms with Crippen molar-refractivity contribution in [2.75, 3.05) is 12.0 Å². The number of fused-ring (bicyclic) bond motifs is 1. The van der Waals surface area contributed by atoms with Crippen molar-refractivity contribution in [3.8, 4) is 0 Å². The lowest BCUT2D eigenvalue weighted by molar-refractivity contribution is 0.0438. The highest BCUT2D eigenvalue weighted by Gasteiger charge is 2.37. The van der Waals surface area contributed by atoms with Gasteiger partial charge in [0.05, 0.1) is 29.5 Å². The van der Waals surface area contributed by atoms with Crippen LogP contribution in [0.2, 0.25) is 0 Å². The maximum absolute atomic E-state index is 12.9. The van der Waals surface area contributed by atoms with E-state index in [0.29, 0.717) is 5.69 Å². The van der Waals surface area contributed by atoms with Crippen molar-refractivity contribution in [3.05, 3.63) is 88.4 Å². The third-order valence-electron chi connectivity index (χ3n) is 4.87. The normalized spacial score (nSPS) is 12.6. The standard InChI is InChI=1S/C23H17NO7/c1-13-5-3-4-6-18(13)24-20(25)16-9-7-14(11-17(16)21(24)26)22(27)30-12-15-8-10-19(31-15)23(28)29-2/h3-11H,12H2,1-2H3. The molecule has 0 N–H and O–H groups in total. The molecular formula is C23H17NO7. The number of aryl methyl sites for hydroxylation is 1. The Morgan fingerprint density at radius 2 is 1.68 bits per heavy atom. The highest BCUT2D eigenvalue weighted by atomic mass is 16.5. The number of imide groups is 1. The van der Waals surface area contributed by atoms with Crippen LogP contribution in [0.4, 0.5) is 5.69 Å². The lowest BCUT2D eigenvalue weighted by Gasteiger charge is -2.16. The van der Waals surface area contributed by atoms with Gasteiger partial charge in [-0.2, -0.15) is 0 Å². The van der Waals surface area contributed by atoms with Crippen molar-refractivity contribution in [2.45, 2.75) is 13.5 Å². The molecule has 1 aromatic heterocycles. The first-order valence-corrected chi connectivity index (χ1v) is 9.33. The zero-order valence-corrected chi connectivity index (χ0v) is 16.7. The minimum absolute atomic E-state index is 0.00788. The van der Waals surface area contributed by atoms with Crippen LogP contribution in [0.3, 0.4) is 0 Å². The number of amides is 2. The Kier molecular flexibility index (Phi) is 5.12. The van der Waals surface area contributed by atoms with Gasteiger partial charge in [0.25, 0.3) is 11.8 Å². The third-order valence-corrected chi connectivity index (χ3v) is 4.87. The van der Waals surface area contributed by atoms with Gasteiger partial charge in [-0.1, -0.05) is 18.2 Å².